The number of para-hydroxylation sites is 1. The lowest BCUT2D eigenvalue weighted by atomic mass is 9.83. The van der Waals surface area contributed by atoms with Crippen molar-refractivity contribution in [3.05, 3.63) is 29.8 Å². The van der Waals surface area contributed by atoms with Crippen molar-refractivity contribution in [3.63, 3.8) is 0 Å². The van der Waals surface area contributed by atoms with E-state index in [0.29, 0.717) is 6.42 Å². The summed E-state index contributed by atoms with van der Waals surface area (Å²) in [6, 6.07) is 7.79. The van der Waals surface area contributed by atoms with Gasteiger partial charge < -0.3 is 14.6 Å². The molecular formula is C14H18O3. The molecule has 1 aromatic rings. The first kappa shape index (κ1) is 11.1. The second kappa shape index (κ2) is 4.31. The maximum absolute atomic E-state index is 10.2. The number of aliphatic hydroxyl groups excluding tert-OH is 1. The molecule has 0 saturated carbocycles. The lowest BCUT2D eigenvalue weighted by Gasteiger charge is -2.40. The van der Waals surface area contributed by atoms with E-state index in [-0.39, 0.29) is 5.60 Å². The topological polar surface area (TPSA) is 38.7 Å². The molecule has 0 radical (unpaired) electrons. The number of benzene rings is 1. The second-order valence-electron chi connectivity index (χ2n) is 5.01. The lowest BCUT2D eigenvalue weighted by Crippen LogP contribution is -2.41. The van der Waals surface area contributed by atoms with Crippen LogP contribution >= 0.6 is 0 Å². The molecule has 1 aromatic carbocycles. The van der Waals surface area contributed by atoms with Crippen LogP contribution < -0.4 is 4.74 Å². The van der Waals surface area contributed by atoms with Gasteiger partial charge in [-0.3, -0.25) is 0 Å². The summed E-state index contributed by atoms with van der Waals surface area (Å²) in [5.74, 6) is 0.841. The highest BCUT2D eigenvalue weighted by atomic mass is 16.5. The van der Waals surface area contributed by atoms with Crippen molar-refractivity contribution in [1.82, 2.24) is 0 Å². The van der Waals surface area contributed by atoms with Crippen LogP contribution in [-0.4, -0.2) is 23.9 Å². The van der Waals surface area contributed by atoms with Crippen LogP contribution in [0.3, 0.4) is 0 Å². The van der Waals surface area contributed by atoms with Gasteiger partial charge in [0.25, 0.3) is 0 Å². The molecule has 2 heterocycles. The Morgan fingerprint density at radius 2 is 2.06 bits per heavy atom. The Hall–Kier alpha value is -1.06. The predicted molar refractivity (Wildman–Crippen MR) is 64.0 cm³/mol. The van der Waals surface area contributed by atoms with Gasteiger partial charge in [0.15, 0.2) is 0 Å². The van der Waals surface area contributed by atoms with Gasteiger partial charge >= 0.3 is 0 Å². The Bertz CT molecular complexity index is 394. The quantitative estimate of drug-likeness (QED) is 0.749. The Kier molecular flexibility index (Phi) is 2.81. The fourth-order valence-corrected chi connectivity index (χ4v) is 2.87. The highest BCUT2D eigenvalue weighted by molar-refractivity contribution is 5.38. The molecule has 0 amide bonds. The first-order valence-corrected chi connectivity index (χ1v) is 6.33. The molecular weight excluding hydrogens is 216 g/mol. The first-order valence-electron chi connectivity index (χ1n) is 6.33. The summed E-state index contributed by atoms with van der Waals surface area (Å²) in [6.07, 6.45) is 3.14. The van der Waals surface area contributed by atoms with E-state index >= 15 is 0 Å². The van der Waals surface area contributed by atoms with Crippen LogP contribution in [0.2, 0.25) is 0 Å². The summed E-state index contributed by atoms with van der Waals surface area (Å²) in [4.78, 5) is 0. The predicted octanol–water partition coefficient (Wildman–Crippen LogP) is 2.44. The molecule has 1 saturated heterocycles. The summed E-state index contributed by atoms with van der Waals surface area (Å²) in [6.45, 7) is 1.54. The zero-order valence-electron chi connectivity index (χ0n) is 9.89. The largest absolute Gasteiger partial charge is 0.487 e. The number of rotatable bonds is 0. The van der Waals surface area contributed by atoms with Gasteiger partial charge in [-0.2, -0.15) is 0 Å². The molecule has 3 heteroatoms. The van der Waals surface area contributed by atoms with Crippen LogP contribution in [0.1, 0.15) is 37.4 Å². The van der Waals surface area contributed by atoms with Crippen LogP contribution in [0.25, 0.3) is 0 Å². The van der Waals surface area contributed by atoms with Crippen molar-refractivity contribution in [2.45, 2.75) is 37.4 Å². The van der Waals surface area contributed by atoms with Crippen LogP contribution in [0, 0.1) is 0 Å². The van der Waals surface area contributed by atoms with Gasteiger partial charge in [-0.1, -0.05) is 18.2 Å². The molecule has 3 rings (SSSR count). The molecule has 3 nitrogen and oxygen atoms in total. The zero-order valence-corrected chi connectivity index (χ0v) is 9.89. The standard InChI is InChI=1S/C14H18O3/c15-12-10-14(6-3-8-16-9-7-14)17-13-5-2-1-4-11(12)13/h1-2,4-5,12,15H,3,6-10H2/t12-,14?/m1/s1. The van der Waals surface area contributed by atoms with Gasteiger partial charge in [0, 0.05) is 25.0 Å². The van der Waals surface area contributed by atoms with E-state index in [1.807, 2.05) is 24.3 Å². The smallest absolute Gasteiger partial charge is 0.125 e. The Morgan fingerprint density at radius 1 is 1.18 bits per heavy atom. The van der Waals surface area contributed by atoms with E-state index in [4.69, 9.17) is 9.47 Å². The molecule has 2 atom stereocenters. The number of hydrogen-bond acceptors (Lipinski definition) is 3. The summed E-state index contributed by atoms with van der Waals surface area (Å²) in [7, 11) is 0. The molecule has 2 aliphatic rings. The van der Waals surface area contributed by atoms with E-state index < -0.39 is 6.10 Å². The van der Waals surface area contributed by atoms with Crippen LogP contribution in [0.5, 0.6) is 5.75 Å². The Labute approximate surface area is 101 Å². The van der Waals surface area contributed by atoms with Gasteiger partial charge in [0.2, 0.25) is 0 Å². The Balaban J connectivity index is 1.91. The van der Waals surface area contributed by atoms with Gasteiger partial charge in [-0.15, -0.1) is 0 Å². The van der Waals surface area contributed by atoms with Crippen LogP contribution in [-0.2, 0) is 4.74 Å². The first-order chi connectivity index (χ1) is 8.29. The molecule has 0 aromatic heterocycles. The van der Waals surface area contributed by atoms with E-state index in [1.54, 1.807) is 0 Å². The third-order valence-electron chi connectivity index (χ3n) is 3.79. The number of aliphatic hydroxyl groups is 1. The monoisotopic (exact) mass is 234 g/mol. The van der Waals surface area contributed by atoms with Crippen molar-refractivity contribution >= 4 is 0 Å². The fraction of sp³-hybridized carbons (Fsp3) is 0.571. The third kappa shape index (κ3) is 2.05. The molecule has 1 N–H and O–H groups in total. The summed E-state index contributed by atoms with van der Waals surface area (Å²) in [5, 5.41) is 10.2. The molecule has 1 spiro atoms. The number of hydrogen-bond donors (Lipinski definition) is 1. The minimum absolute atomic E-state index is 0.218. The minimum Gasteiger partial charge on any atom is -0.487 e. The third-order valence-corrected chi connectivity index (χ3v) is 3.79. The zero-order chi connectivity index (χ0) is 11.7. The molecule has 0 bridgehead atoms. The molecule has 92 valence electrons. The van der Waals surface area contributed by atoms with Crippen LogP contribution in [0.4, 0.5) is 0 Å². The highest BCUT2D eigenvalue weighted by Gasteiger charge is 2.40. The van der Waals surface area contributed by atoms with Crippen molar-refractivity contribution in [3.8, 4) is 5.75 Å². The summed E-state index contributed by atoms with van der Waals surface area (Å²) >= 11 is 0. The van der Waals surface area contributed by atoms with Crippen molar-refractivity contribution in [2.24, 2.45) is 0 Å². The molecule has 2 aliphatic heterocycles. The summed E-state index contributed by atoms with van der Waals surface area (Å²) < 4.78 is 11.7. The van der Waals surface area contributed by atoms with Gasteiger partial charge in [-0.25, -0.2) is 0 Å². The van der Waals surface area contributed by atoms with Crippen LogP contribution in [0.15, 0.2) is 24.3 Å². The molecule has 0 aliphatic carbocycles. The van der Waals surface area contributed by atoms with Gasteiger partial charge in [0.05, 0.1) is 12.7 Å². The maximum Gasteiger partial charge on any atom is 0.125 e. The van der Waals surface area contributed by atoms with Crippen molar-refractivity contribution < 1.29 is 14.6 Å². The highest BCUT2D eigenvalue weighted by Crippen LogP contribution is 2.43. The summed E-state index contributed by atoms with van der Waals surface area (Å²) in [5.41, 5.74) is 0.702. The average molecular weight is 234 g/mol. The SMILES string of the molecule is O[C@@H]1CC2(CCCOCC2)Oc2ccccc21. The fourth-order valence-electron chi connectivity index (χ4n) is 2.87. The number of ether oxygens (including phenoxy) is 2. The van der Waals surface area contributed by atoms with Crippen molar-refractivity contribution in [2.75, 3.05) is 13.2 Å². The van der Waals surface area contributed by atoms with Gasteiger partial charge in [-0.05, 0) is 18.9 Å². The van der Waals surface area contributed by atoms with Crippen molar-refractivity contribution in [1.29, 1.82) is 0 Å². The average Bonchev–Trinajstić information content (AvgIpc) is 2.55. The second-order valence-corrected chi connectivity index (χ2v) is 5.01. The molecule has 1 unspecified atom stereocenters. The maximum atomic E-state index is 10.2. The van der Waals surface area contributed by atoms with E-state index in [9.17, 15) is 5.11 Å². The van der Waals surface area contributed by atoms with E-state index in [1.165, 1.54) is 0 Å². The normalized spacial score (nSPS) is 32.6. The van der Waals surface area contributed by atoms with Gasteiger partial charge in [0.1, 0.15) is 11.4 Å². The minimum atomic E-state index is -0.405. The molecule has 17 heavy (non-hydrogen) atoms. The molecule has 1 fully saturated rings. The Morgan fingerprint density at radius 3 is 3.00 bits per heavy atom. The lowest BCUT2D eigenvalue weighted by molar-refractivity contribution is -0.0271. The number of fused-ring (bicyclic) bond motifs is 1. The van der Waals surface area contributed by atoms with E-state index in [0.717, 1.165) is 43.8 Å². The van der Waals surface area contributed by atoms with E-state index in [2.05, 4.69) is 0 Å².